The highest BCUT2D eigenvalue weighted by Crippen LogP contribution is 2.58. The van der Waals surface area contributed by atoms with Crippen molar-refractivity contribution in [1.29, 1.82) is 0 Å². The number of phenolic OH excluding ortho intramolecular Hbond substituents is 3. The summed E-state index contributed by atoms with van der Waals surface area (Å²) in [7, 11) is 2.78. The number of benzene rings is 3. The summed E-state index contributed by atoms with van der Waals surface area (Å²) in [6, 6.07) is 3.63. The van der Waals surface area contributed by atoms with Crippen molar-refractivity contribution >= 4 is 46.4 Å². The standard InChI is InChI=1S/C29H25Cl3O8/c1-10-19(14(34)9-17(40-5)23(10)30)11-6-16(39-4)24(31)12-7-18-28(2,3)22-21(13(33)8-15(35)25(22)32)27(37)29(18,38)26(36)20(11)12/h6,8-9,18,33-35,38H,7H2,1-5H3/t18-,29+/m0/s1. The molecule has 0 fully saturated rings. The van der Waals surface area contributed by atoms with Crippen molar-refractivity contribution in [3.63, 3.8) is 0 Å². The number of ketones is 2. The number of carbonyl (C=O) groups excluding carboxylic acids is 2. The van der Waals surface area contributed by atoms with Crippen LogP contribution >= 0.6 is 34.8 Å². The van der Waals surface area contributed by atoms with Crippen molar-refractivity contribution in [3.8, 4) is 39.9 Å². The summed E-state index contributed by atoms with van der Waals surface area (Å²) in [4.78, 5) is 28.4. The number of Topliss-reactive ketones (excluding diaryl/α,β-unsaturated/α-hetero) is 2. The van der Waals surface area contributed by atoms with Gasteiger partial charge in [0.25, 0.3) is 0 Å². The zero-order chi connectivity index (χ0) is 29.6. The first-order valence-corrected chi connectivity index (χ1v) is 13.3. The molecule has 0 aromatic heterocycles. The Labute approximate surface area is 244 Å². The van der Waals surface area contributed by atoms with E-state index in [1.54, 1.807) is 20.8 Å². The molecule has 2 atom stereocenters. The number of aromatic hydroxyl groups is 3. The number of hydrogen-bond donors (Lipinski definition) is 4. The number of carbonyl (C=O) groups is 2. The van der Waals surface area contributed by atoms with Crippen molar-refractivity contribution in [2.24, 2.45) is 5.92 Å². The van der Waals surface area contributed by atoms with Gasteiger partial charge in [-0.15, -0.1) is 0 Å². The highest BCUT2D eigenvalue weighted by Gasteiger charge is 2.64. The predicted molar refractivity (Wildman–Crippen MR) is 150 cm³/mol. The quantitative estimate of drug-likeness (QED) is 0.266. The van der Waals surface area contributed by atoms with Gasteiger partial charge in [0.2, 0.25) is 11.6 Å². The van der Waals surface area contributed by atoms with Gasteiger partial charge in [0.15, 0.2) is 5.60 Å². The highest BCUT2D eigenvalue weighted by atomic mass is 35.5. The van der Waals surface area contributed by atoms with E-state index in [9.17, 15) is 30.0 Å². The van der Waals surface area contributed by atoms with Crippen LogP contribution in [0.5, 0.6) is 28.7 Å². The fraction of sp³-hybridized carbons (Fsp3) is 0.310. The monoisotopic (exact) mass is 606 g/mol. The van der Waals surface area contributed by atoms with Gasteiger partial charge in [0.1, 0.15) is 28.7 Å². The number of fused-ring (bicyclic) bond motifs is 3. The van der Waals surface area contributed by atoms with Crippen LogP contribution in [0.1, 0.15) is 51.3 Å². The van der Waals surface area contributed by atoms with Crippen molar-refractivity contribution in [1.82, 2.24) is 0 Å². The number of ether oxygens (including phenoxy) is 2. The van der Waals surface area contributed by atoms with Crippen LogP contribution in [0.25, 0.3) is 11.1 Å². The minimum absolute atomic E-state index is 0.0881. The normalized spacial score (nSPS) is 21.0. The van der Waals surface area contributed by atoms with E-state index in [1.807, 2.05) is 0 Å². The summed E-state index contributed by atoms with van der Waals surface area (Å²) >= 11 is 19.7. The lowest BCUT2D eigenvalue weighted by Crippen LogP contribution is -2.64. The second kappa shape index (κ2) is 9.17. The molecule has 5 rings (SSSR count). The summed E-state index contributed by atoms with van der Waals surface area (Å²) < 4.78 is 10.7. The fourth-order valence-corrected chi connectivity index (χ4v) is 7.21. The summed E-state index contributed by atoms with van der Waals surface area (Å²) in [5.41, 5.74) is -3.25. The predicted octanol–water partition coefficient (Wildman–Crippen LogP) is 6.02. The maximum absolute atomic E-state index is 14.4. The molecule has 0 radical (unpaired) electrons. The fourth-order valence-electron chi connectivity index (χ4n) is 6.29. The molecule has 40 heavy (non-hydrogen) atoms. The molecule has 210 valence electrons. The van der Waals surface area contributed by atoms with Gasteiger partial charge in [-0.2, -0.15) is 0 Å². The van der Waals surface area contributed by atoms with Crippen molar-refractivity contribution in [2.45, 2.75) is 38.2 Å². The first kappa shape index (κ1) is 28.4. The Balaban J connectivity index is 1.88. The second-order valence-corrected chi connectivity index (χ2v) is 11.7. The van der Waals surface area contributed by atoms with Crippen LogP contribution in [0.15, 0.2) is 18.2 Å². The molecular formula is C29H25Cl3O8. The van der Waals surface area contributed by atoms with Gasteiger partial charge >= 0.3 is 0 Å². The summed E-state index contributed by atoms with van der Waals surface area (Å²) in [6.45, 7) is 4.94. The van der Waals surface area contributed by atoms with Crippen LogP contribution < -0.4 is 9.47 Å². The Morgan fingerprint density at radius 2 is 1.35 bits per heavy atom. The lowest BCUT2D eigenvalue weighted by molar-refractivity contribution is -0.0202. The summed E-state index contributed by atoms with van der Waals surface area (Å²) in [5, 5.41) is 44.2. The largest absolute Gasteiger partial charge is 0.507 e. The highest BCUT2D eigenvalue weighted by molar-refractivity contribution is 6.37. The lowest BCUT2D eigenvalue weighted by Gasteiger charge is -2.51. The molecule has 0 saturated heterocycles. The molecule has 0 heterocycles. The van der Waals surface area contributed by atoms with Gasteiger partial charge < -0.3 is 29.9 Å². The van der Waals surface area contributed by atoms with E-state index in [-0.39, 0.29) is 72.1 Å². The third kappa shape index (κ3) is 3.49. The van der Waals surface area contributed by atoms with Crippen molar-refractivity contribution in [2.75, 3.05) is 14.2 Å². The molecule has 2 aliphatic rings. The molecule has 8 nitrogen and oxygen atoms in total. The molecule has 3 aromatic rings. The van der Waals surface area contributed by atoms with E-state index in [1.165, 1.54) is 26.4 Å². The molecule has 0 spiro atoms. The van der Waals surface area contributed by atoms with Crippen molar-refractivity contribution in [3.05, 3.63) is 61.1 Å². The van der Waals surface area contributed by atoms with E-state index in [2.05, 4.69) is 0 Å². The molecule has 0 aliphatic heterocycles. The van der Waals surface area contributed by atoms with E-state index >= 15 is 0 Å². The Morgan fingerprint density at radius 1 is 0.800 bits per heavy atom. The van der Waals surface area contributed by atoms with Gasteiger partial charge in [-0.1, -0.05) is 48.7 Å². The molecule has 11 heteroatoms. The third-order valence-corrected chi connectivity index (χ3v) is 9.55. The minimum Gasteiger partial charge on any atom is -0.507 e. The van der Waals surface area contributed by atoms with Crippen LogP contribution in [0.4, 0.5) is 0 Å². The Morgan fingerprint density at radius 3 is 1.95 bits per heavy atom. The molecular weight excluding hydrogens is 583 g/mol. The maximum Gasteiger partial charge on any atom is 0.206 e. The van der Waals surface area contributed by atoms with Gasteiger partial charge in [0.05, 0.1) is 34.9 Å². The second-order valence-electron chi connectivity index (χ2n) is 10.6. The summed E-state index contributed by atoms with van der Waals surface area (Å²) in [5.74, 6) is -4.09. The van der Waals surface area contributed by atoms with E-state index < -0.39 is 40.0 Å². The molecule has 0 saturated carbocycles. The number of methoxy groups -OCH3 is 2. The van der Waals surface area contributed by atoms with Gasteiger partial charge in [-0.3, -0.25) is 9.59 Å². The van der Waals surface area contributed by atoms with Gasteiger partial charge in [0, 0.05) is 34.7 Å². The van der Waals surface area contributed by atoms with Crippen LogP contribution in [0, 0.1) is 12.8 Å². The van der Waals surface area contributed by atoms with Gasteiger partial charge in [-0.25, -0.2) is 0 Å². The number of halogens is 3. The Bertz CT molecular complexity index is 1660. The van der Waals surface area contributed by atoms with E-state index in [0.29, 0.717) is 5.56 Å². The maximum atomic E-state index is 14.4. The molecule has 3 aromatic carbocycles. The number of phenols is 3. The van der Waals surface area contributed by atoms with Crippen LogP contribution in [-0.4, -0.2) is 51.8 Å². The third-order valence-electron chi connectivity index (χ3n) is 8.28. The average molecular weight is 608 g/mol. The molecule has 0 amide bonds. The average Bonchev–Trinajstić information content (AvgIpc) is 2.89. The topological polar surface area (TPSA) is 134 Å². The Hall–Kier alpha value is -3.17. The SMILES string of the molecule is COc1cc(O)c(-c2cc(OC)c(Cl)c3c2C(=O)[C@@]2(O)C(=O)c4c(O)cc(O)c(Cl)c4C(C)(C)[C@@H]2C3)c(C)c1Cl. The Kier molecular flexibility index (Phi) is 6.51. The van der Waals surface area contributed by atoms with Crippen LogP contribution in [-0.2, 0) is 11.8 Å². The molecule has 0 bridgehead atoms. The van der Waals surface area contributed by atoms with Gasteiger partial charge in [-0.05, 0) is 41.5 Å². The lowest BCUT2D eigenvalue weighted by atomic mass is 9.52. The smallest absolute Gasteiger partial charge is 0.206 e. The molecule has 2 aliphatic carbocycles. The zero-order valence-electron chi connectivity index (χ0n) is 22.1. The first-order chi connectivity index (χ1) is 18.6. The number of hydrogen-bond acceptors (Lipinski definition) is 8. The van der Waals surface area contributed by atoms with Crippen LogP contribution in [0.3, 0.4) is 0 Å². The van der Waals surface area contributed by atoms with E-state index in [4.69, 9.17) is 44.3 Å². The molecule has 4 N–H and O–H groups in total. The van der Waals surface area contributed by atoms with Crippen LogP contribution in [0.2, 0.25) is 15.1 Å². The number of rotatable bonds is 3. The van der Waals surface area contributed by atoms with E-state index in [0.717, 1.165) is 6.07 Å². The number of aliphatic hydroxyl groups is 1. The first-order valence-electron chi connectivity index (χ1n) is 12.2. The molecule has 0 unspecified atom stereocenters. The zero-order valence-corrected chi connectivity index (χ0v) is 24.3. The summed E-state index contributed by atoms with van der Waals surface area (Å²) in [6.07, 6.45) is -0.0881. The minimum atomic E-state index is -2.65. The van der Waals surface area contributed by atoms with Crippen molar-refractivity contribution < 1.29 is 39.5 Å².